The second-order valence-corrected chi connectivity index (χ2v) is 2.78. The predicted molar refractivity (Wildman–Crippen MR) is 46.2 cm³/mol. The number of hydrogen-bond acceptors (Lipinski definition) is 4. The molecule has 0 saturated carbocycles. The Morgan fingerprint density at radius 2 is 2.46 bits per heavy atom. The van der Waals surface area contributed by atoms with E-state index < -0.39 is 0 Å². The maximum absolute atomic E-state index is 5.48. The van der Waals surface area contributed by atoms with Crippen LogP contribution in [0.25, 0.3) is 11.4 Å². The van der Waals surface area contributed by atoms with Gasteiger partial charge in [-0.2, -0.15) is 10.1 Å². The van der Waals surface area contributed by atoms with Crippen LogP contribution in [0.4, 0.5) is 0 Å². The Morgan fingerprint density at radius 1 is 1.62 bits per heavy atom. The molecule has 0 N–H and O–H groups in total. The van der Waals surface area contributed by atoms with E-state index in [1.165, 1.54) is 0 Å². The van der Waals surface area contributed by atoms with Crippen LogP contribution in [-0.2, 0) is 6.54 Å². The molecule has 5 nitrogen and oxygen atoms in total. The van der Waals surface area contributed by atoms with Crippen LogP contribution < -0.4 is 0 Å². The molecule has 0 aliphatic carbocycles. The first-order valence-corrected chi connectivity index (χ1v) is 4.19. The lowest BCUT2D eigenvalue weighted by Crippen LogP contribution is -1.92. The van der Waals surface area contributed by atoms with Gasteiger partial charge in [0.1, 0.15) is 0 Å². The molecule has 0 atom stereocenters. The van der Waals surface area contributed by atoms with E-state index in [-0.39, 0.29) is 5.35 Å². The minimum Gasteiger partial charge on any atom is -0.321 e. The van der Waals surface area contributed by atoms with Crippen LogP contribution >= 0.6 is 11.6 Å². The molecule has 2 heterocycles. The fourth-order valence-electron chi connectivity index (χ4n) is 0.974. The average Bonchev–Trinajstić information content (AvgIpc) is 2.71. The molecule has 2 aromatic rings. The first kappa shape index (κ1) is 8.25. The van der Waals surface area contributed by atoms with E-state index in [1.54, 1.807) is 10.9 Å². The SMILES string of the molecule is CCn1cc(-c2noc(Cl)n2)cn1. The van der Waals surface area contributed by atoms with Crippen molar-refractivity contribution in [3.05, 3.63) is 17.7 Å². The summed E-state index contributed by atoms with van der Waals surface area (Å²) in [7, 11) is 0. The summed E-state index contributed by atoms with van der Waals surface area (Å²) in [6.07, 6.45) is 3.51. The van der Waals surface area contributed by atoms with E-state index in [4.69, 9.17) is 11.6 Å². The van der Waals surface area contributed by atoms with Crippen molar-refractivity contribution in [1.29, 1.82) is 0 Å². The Balaban J connectivity index is 2.35. The van der Waals surface area contributed by atoms with E-state index in [9.17, 15) is 0 Å². The molecule has 0 aliphatic heterocycles. The molecule has 13 heavy (non-hydrogen) atoms. The Labute approximate surface area is 79.3 Å². The molecule has 0 radical (unpaired) electrons. The highest BCUT2D eigenvalue weighted by Gasteiger charge is 2.08. The van der Waals surface area contributed by atoms with Crippen LogP contribution in [0.2, 0.25) is 5.35 Å². The quantitative estimate of drug-likeness (QED) is 0.736. The number of halogens is 1. The third kappa shape index (κ3) is 1.55. The zero-order valence-corrected chi connectivity index (χ0v) is 7.69. The predicted octanol–water partition coefficient (Wildman–Crippen LogP) is 1.61. The van der Waals surface area contributed by atoms with Gasteiger partial charge in [0.05, 0.1) is 11.8 Å². The van der Waals surface area contributed by atoms with Gasteiger partial charge in [0.15, 0.2) is 0 Å². The first-order valence-electron chi connectivity index (χ1n) is 3.81. The van der Waals surface area contributed by atoms with Crippen molar-refractivity contribution in [2.45, 2.75) is 13.5 Å². The van der Waals surface area contributed by atoms with Crippen LogP contribution in [-0.4, -0.2) is 19.9 Å². The minimum absolute atomic E-state index is 0.0410. The third-order valence-corrected chi connectivity index (χ3v) is 1.77. The van der Waals surface area contributed by atoms with E-state index in [0.717, 1.165) is 12.1 Å². The van der Waals surface area contributed by atoms with E-state index in [2.05, 4.69) is 19.8 Å². The van der Waals surface area contributed by atoms with Crippen molar-refractivity contribution in [2.24, 2.45) is 0 Å². The lowest BCUT2D eigenvalue weighted by molar-refractivity contribution is 0.421. The van der Waals surface area contributed by atoms with Crippen molar-refractivity contribution in [3.8, 4) is 11.4 Å². The van der Waals surface area contributed by atoms with Crippen molar-refractivity contribution in [3.63, 3.8) is 0 Å². The van der Waals surface area contributed by atoms with Crippen molar-refractivity contribution >= 4 is 11.6 Å². The highest BCUT2D eigenvalue weighted by molar-refractivity contribution is 6.27. The number of rotatable bonds is 2. The average molecular weight is 199 g/mol. The summed E-state index contributed by atoms with van der Waals surface area (Å²) in [5.74, 6) is 0.463. The van der Waals surface area contributed by atoms with Crippen molar-refractivity contribution < 1.29 is 4.52 Å². The molecule has 0 fully saturated rings. The maximum Gasteiger partial charge on any atom is 0.320 e. The largest absolute Gasteiger partial charge is 0.321 e. The number of aromatic nitrogens is 4. The van der Waals surface area contributed by atoms with Gasteiger partial charge in [-0.15, -0.1) is 0 Å². The van der Waals surface area contributed by atoms with Crippen LogP contribution in [0, 0.1) is 0 Å². The van der Waals surface area contributed by atoms with Gasteiger partial charge in [-0.25, -0.2) is 0 Å². The molecule has 0 saturated heterocycles. The zero-order chi connectivity index (χ0) is 9.26. The summed E-state index contributed by atoms with van der Waals surface area (Å²) >= 11 is 5.48. The van der Waals surface area contributed by atoms with E-state index >= 15 is 0 Å². The Hall–Kier alpha value is -1.36. The molecule has 0 spiro atoms. The molecule has 0 unspecified atom stereocenters. The number of aryl methyl sites for hydroxylation is 1. The van der Waals surface area contributed by atoms with Crippen LogP contribution in [0.15, 0.2) is 16.9 Å². The highest BCUT2D eigenvalue weighted by Crippen LogP contribution is 2.16. The molecule has 2 rings (SSSR count). The van der Waals surface area contributed by atoms with Crippen LogP contribution in [0.3, 0.4) is 0 Å². The van der Waals surface area contributed by atoms with Gasteiger partial charge in [0.2, 0.25) is 5.82 Å². The Kier molecular flexibility index (Phi) is 2.02. The number of nitrogens with zero attached hydrogens (tertiary/aromatic N) is 4. The van der Waals surface area contributed by atoms with Gasteiger partial charge in [-0.3, -0.25) is 4.68 Å². The second kappa shape index (κ2) is 3.18. The van der Waals surface area contributed by atoms with Crippen molar-refractivity contribution in [2.75, 3.05) is 0 Å². The van der Waals surface area contributed by atoms with E-state index in [1.807, 2.05) is 13.1 Å². The topological polar surface area (TPSA) is 56.7 Å². The lowest BCUT2D eigenvalue weighted by Gasteiger charge is -1.89. The molecular formula is C7H7ClN4O. The molecule has 2 aromatic heterocycles. The monoisotopic (exact) mass is 198 g/mol. The summed E-state index contributed by atoms with van der Waals surface area (Å²) in [6, 6.07) is 0. The van der Waals surface area contributed by atoms with Gasteiger partial charge >= 0.3 is 5.35 Å². The van der Waals surface area contributed by atoms with E-state index in [0.29, 0.717) is 5.82 Å². The second-order valence-electron chi connectivity index (χ2n) is 2.46. The summed E-state index contributed by atoms with van der Waals surface area (Å²) in [6.45, 7) is 2.81. The number of hydrogen-bond donors (Lipinski definition) is 0. The fourth-order valence-corrected chi connectivity index (χ4v) is 1.09. The summed E-state index contributed by atoms with van der Waals surface area (Å²) < 4.78 is 6.41. The van der Waals surface area contributed by atoms with Gasteiger partial charge in [0.25, 0.3) is 0 Å². The minimum atomic E-state index is 0.0410. The Morgan fingerprint density at radius 3 is 3.00 bits per heavy atom. The molecule has 6 heteroatoms. The Bertz CT molecular complexity index is 408. The standard InChI is InChI=1S/C7H7ClN4O/c1-2-12-4-5(3-9-12)6-10-7(8)13-11-6/h3-4H,2H2,1H3. The molecule has 68 valence electrons. The van der Waals surface area contributed by atoms with Crippen LogP contribution in [0.1, 0.15) is 6.92 Å². The lowest BCUT2D eigenvalue weighted by atomic mass is 10.3. The zero-order valence-electron chi connectivity index (χ0n) is 6.94. The highest BCUT2D eigenvalue weighted by atomic mass is 35.5. The smallest absolute Gasteiger partial charge is 0.320 e. The van der Waals surface area contributed by atoms with Crippen molar-refractivity contribution in [1.82, 2.24) is 19.9 Å². The maximum atomic E-state index is 5.48. The molecular weight excluding hydrogens is 192 g/mol. The van der Waals surface area contributed by atoms with Gasteiger partial charge in [-0.1, -0.05) is 5.16 Å². The van der Waals surface area contributed by atoms with Gasteiger partial charge < -0.3 is 4.52 Å². The first-order chi connectivity index (χ1) is 6.29. The molecule has 0 aromatic carbocycles. The molecule has 0 amide bonds. The summed E-state index contributed by atoms with van der Waals surface area (Å²) in [5.41, 5.74) is 0.803. The van der Waals surface area contributed by atoms with Crippen LogP contribution in [0.5, 0.6) is 0 Å². The van der Waals surface area contributed by atoms with Gasteiger partial charge in [0, 0.05) is 12.7 Å². The molecule has 0 aliphatic rings. The third-order valence-electron chi connectivity index (χ3n) is 1.62. The van der Waals surface area contributed by atoms with Gasteiger partial charge in [-0.05, 0) is 18.5 Å². The summed E-state index contributed by atoms with van der Waals surface area (Å²) in [5, 5.41) is 7.78. The summed E-state index contributed by atoms with van der Waals surface area (Å²) in [4.78, 5) is 3.86. The molecule has 0 bridgehead atoms. The fraction of sp³-hybridized carbons (Fsp3) is 0.286. The normalized spacial score (nSPS) is 10.6.